The zero-order valence-corrected chi connectivity index (χ0v) is 10.4. The molecule has 1 saturated carbocycles. The van der Waals surface area contributed by atoms with Gasteiger partial charge in [-0.05, 0) is 43.0 Å². The van der Waals surface area contributed by atoms with E-state index < -0.39 is 0 Å². The first-order chi connectivity index (χ1) is 8.23. The normalized spacial score (nSPS) is 19.2. The smallest absolute Gasteiger partial charge is 0.0705 e. The van der Waals surface area contributed by atoms with E-state index in [9.17, 15) is 0 Å². The van der Waals surface area contributed by atoms with Crippen LogP contribution in [-0.2, 0) is 0 Å². The Labute approximate surface area is 102 Å². The van der Waals surface area contributed by atoms with E-state index in [4.69, 9.17) is 0 Å². The van der Waals surface area contributed by atoms with Crippen molar-refractivity contribution in [2.45, 2.75) is 25.8 Å². The van der Waals surface area contributed by atoms with Gasteiger partial charge in [-0.2, -0.15) is 0 Å². The lowest BCUT2D eigenvalue weighted by atomic mass is 9.91. The van der Waals surface area contributed by atoms with Crippen molar-refractivity contribution in [3.05, 3.63) is 42.1 Å². The summed E-state index contributed by atoms with van der Waals surface area (Å²) >= 11 is 0. The molecule has 1 aliphatic carbocycles. The van der Waals surface area contributed by atoms with Gasteiger partial charge in [-0.25, -0.2) is 0 Å². The molecule has 1 aromatic heterocycles. The number of hydrogen-bond acceptors (Lipinski definition) is 2. The van der Waals surface area contributed by atoms with Crippen molar-refractivity contribution in [2.24, 2.45) is 5.41 Å². The predicted octanol–water partition coefficient (Wildman–Crippen LogP) is 3.30. The number of nitrogens with one attached hydrogen (secondary N) is 1. The lowest BCUT2D eigenvalue weighted by Gasteiger charge is -2.23. The maximum atomic E-state index is 4.43. The van der Waals surface area contributed by atoms with Crippen LogP contribution in [0.15, 0.2) is 36.5 Å². The molecule has 1 aromatic carbocycles. The van der Waals surface area contributed by atoms with Gasteiger partial charge in [-0.15, -0.1) is 0 Å². The van der Waals surface area contributed by atoms with Gasteiger partial charge in [0.05, 0.1) is 5.52 Å². The van der Waals surface area contributed by atoms with Crippen molar-refractivity contribution in [2.75, 3.05) is 7.05 Å². The molecular formula is C15H18N2. The van der Waals surface area contributed by atoms with Gasteiger partial charge in [0, 0.05) is 17.6 Å². The number of hydrogen-bond donors (Lipinski definition) is 1. The van der Waals surface area contributed by atoms with Gasteiger partial charge >= 0.3 is 0 Å². The van der Waals surface area contributed by atoms with E-state index in [1.165, 1.54) is 23.8 Å². The number of pyridine rings is 1. The highest BCUT2D eigenvalue weighted by Gasteiger charge is 2.44. The lowest BCUT2D eigenvalue weighted by molar-refractivity contribution is 0.391. The van der Waals surface area contributed by atoms with Crippen LogP contribution in [0.1, 0.15) is 31.4 Å². The SMILES string of the molecule is CNC(c1ccc2cccnc2c1)C1(C)CC1. The van der Waals surface area contributed by atoms with E-state index >= 15 is 0 Å². The van der Waals surface area contributed by atoms with Crippen molar-refractivity contribution in [1.82, 2.24) is 10.3 Å². The highest BCUT2D eigenvalue weighted by molar-refractivity contribution is 5.79. The Morgan fingerprint density at radius 3 is 2.82 bits per heavy atom. The third-order valence-electron chi connectivity index (χ3n) is 3.99. The summed E-state index contributed by atoms with van der Waals surface area (Å²) in [5.41, 5.74) is 2.89. The zero-order valence-electron chi connectivity index (χ0n) is 10.4. The Morgan fingerprint density at radius 1 is 1.29 bits per heavy atom. The van der Waals surface area contributed by atoms with Gasteiger partial charge in [0.15, 0.2) is 0 Å². The molecule has 0 bridgehead atoms. The average Bonchev–Trinajstić information content (AvgIpc) is 3.09. The topological polar surface area (TPSA) is 24.9 Å². The van der Waals surface area contributed by atoms with E-state index in [0.717, 1.165) is 5.52 Å². The van der Waals surface area contributed by atoms with Crippen LogP contribution in [-0.4, -0.2) is 12.0 Å². The number of benzene rings is 1. The van der Waals surface area contributed by atoms with Crippen molar-refractivity contribution < 1.29 is 0 Å². The minimum atomic E-state index is 0.442. The average molecular weight is 226 g/mol. The number of aromatic nitrogens is 1. The van der Waals surface area contributed by atoms with Gasteiger partial charge in [0.25, 0.3) is 0 Å². The number of rotatable bonds is 3. The van der Waals surface area contributed by atoms with E-state index in [2.05, 4.69) is 48.5 Å². The third kappa shape index (κ3) is 1.83. The molecule has 1 fully saturated rings. The van der Waals surface area contributed by atoms with Crippen LogP contribution in [0.5, 0.6) is 0 Å². The molecule has 0 saturated heterocycles. The summed E-state index contributed by atoms with van der Waals surface area (Å²) in [6, 6.07) is 11.2. The monoisotopic (exact) mass is 226 g/mol. The molecule has 0 aliphatic heterocycles. The molecule has 1 unspecified atom stereocenters. The highest BCUT2D eigenvalue weighted by atomic mass is 14.9. The van der Waals surface area contributed by atoms with Gasteiger partial charge in [0.1, 0.15) is 0 Å². The van der Waals surface area contributed by atoms with Crippen molar-refractivity contribution in [3.8, 4) is 0 Å². The summed E-state index contributed by atoms with van der Waals surface area (Å²) in [5.74, 6) is 0. The zero-order chi connectivity index (χ0) is 11.9. The maximum Gasteiger partial charge on any atom is 0.0705 e. The molecule has 3 rings (SSSR count). The summed E-state index contributed by atoms with van der Waals surface area (Å²) in [5, 5.41) is 4.67. The third-order valence-corrected chi connectivity index (χ3v) is 3.99. The van der Waals surface area contributed by atoms with E-state index in [0.29, 0.717) is 11.5 Å². The second kappa shape index (κ2) is 3.81. The Bertz CT molecular complexity index is 543. The van der Waals surface area contributed by atoms with Crippen LogP contribution < -0.4 is 5.32 Å². The summed E-state index contributed by atoms with van der Waals surface area (Å²) in [7, 11) is 2.05. The van der Waals surface area contributed by atoms with Crippen LogP contribution >= 0.6 is 0 Å². The summed E-state index contributed by atoms with van der Waals surface area (Å²) in [6.45, 7) is 2.36. The van der Waals surface area contributed by atoms with Crippen LogP contribution in [0.4, 0.5) is 0 Å². The molecule has 2 heteroatoms. The molecule has 1 aliphatic rings. The molecule has 1 N–H and O–H groups in total. The summed E-state index contributed by atoms with van der Waals surface area (Å²) < 4.78 is 0. The standard InChI is InChI=1S/C15H18N2/c1-15(7-8-15)14(16-2)12-6-5-11-4-3-9-17-13(11)10-12/h3-6,9-10,14,16H,7-8H2,1-2H3. The predicted molar refractivity (Wildman–Crippen MR) is 70.9 cm³/mol. The molecule has 1 heterocycles. The molecule has 0 spiro atoms. The fraction of sp³-hybridized carbons (Fsp3) is 0.400. The van der Waals surface area contributed by atoms with Crippen LogP contribution in [0.3, 0.4) is 0 Å². The van der Waals surface area contributed by atoms with Gasteiger partial charge in [0.2, 0.25) is 0 Å². The summed E-state index contributed by atoms with van der Waals surface area (Å²) in [4.78, 5) is 4.43. The van der Waals surface area contributed by atoms with Crippen molar-refractivity contribution >= 4 is 10.9 Å². The van der Waals surface area contributed by atoms with E-state index in [1.807, 2.05) is 12.3 Å². The minimum Gasteiger partial charge on any atom is -0.313 e. The summed E-state index contributed by atoms with van der Waals surface area (Å²) in [6.07, 6.45) is 4.50. The fourth-order valence-electron chi connectivity index (χ4n) is 2.67. The molecule has 0 amide bonds. The first-order valence-electron chi connectivity index (χ1n) is 6.25. The van der Waals surface area contributed by atoms with Gasteiger partial charge in [-0.3, -0.25) is 4.98 Å². The van der Waals surface area contributed by atoms with Gasteiger partial charge in [-0.1, -0.05) is 25.1 Å². The lowest BCUT2D eigenvalue weighted by Crippen LogP contribution is -2.24. The van der Waals surface area contributed by atoms with Crippen LogP contribution in [0.2, 0.25) is 0 Å². The Balaban J connectivity index is 2.04. The molecule has 1 atom stereocenters. The van der Waals surface area contributed by atoms with Crippen molar-refractivity contribution in [1.29, 1.82) is 0 Å². The van der Waals surface area contributed by atoms with Crippen LogP contribution in [0, 0.1) is 5.41 Å². The quantitative estimate of drug-likeness (QED) is 0.868. The van der Waals surface area contributed by atoms with E-state index in [1.54, 1.807) is 0 Å². The molecule has 0 radical (unpaired) electrons. The number of nitrogens with zero attached hydrogens (tertiary/aromatic N) is 1. The van der Waals surface area contributed by atoms with Crippen molar-refractivity contribution in [3.63, 3.8) is 0 Å². The molecule has 88 valence electrons. The highest BCUT2D eigenvalue weighted by Crippen LogP contribution is 2.54. The second-order valence-corrected chi connectivity index (χ2v) is 5.33. The fourth-order valence-corrected chi connectivity index (χ4v) is 2.67. The van der Waals surface area contributed by atoms with E-state index in [-0.39, 0.29) is 0 Å². The first kappa shape index (κ1) is 10.7. The molecule has 2 aromatic rings. The first-order valence-corrected chi connectivity index (χ1v) is 6.25. The second-order valence-electron chi connectivity index (χ2n) is 5.33. The van der Waals surface area contributed by atoms with Gasteiger partial charge < -0.3 is 5.32 Å². The van der Waals surface area contributed by atoms with Crippen LogP contribution in [0.25, 0.3) is 10.9 Å². The number of fused-ring (bicyclic) bond motifs is 1. The largest absolute Gasteiger partial charge is 0.313 e. The Kier molecular flexibility index (Phi) is 2.40. The Hall–Kier alpha value is -1.41. The molecule has 17 heavy (non-hydrogen) atoms. The Morgan fingerprint density at radius 2 is 2.12 bits per heavy atom. The molecule has 2 nitrogen and oxygen atoms in total. The minimum absolute atomic E-state index is 0.442. The maximum absolute atomic E-state index is 4.43. The molecular weight excluding hydrogens is 208 g/mol.